The molecule has 1 unspecified atom stereocenters. The van der Waals surface area contributed by atoms with E-state index in [1.165, 1.54) is 32.1 Å². The molecule has 0 aromatic heterocycles. The van der Waals surface area contributed by atoms with Gasteiger partial charge >= 0.3 is 0 Å². The number of hydrogen-bond donors (Lipinski definition) is 1. The molecule has 2 rings (SSSR count). The lowest BCUT2D eigenvalue weighted by molar-refractivity contribution is 0.125. The van der Waals surface area contributed by atoms with E-state index in [0.717, 1.165) is 18.5 Å². The van der Waals surface area contributed by atoms with Crippen LogP contribution in [0.4, 0.5) is 0 Å². The van der Waals surface area contributed by atoms with E-state index in [0.29, 0.717) is 0 Å². The van der Waals surface area contributed by atoms with Crippen molar-refractivity contribution in [2.45, 2.75) is 50.6 Å². The molecule has 0 aromatic carbocycles. The highest BCUT2D eigenvalue weighted by Crippen LogP contribution is 2.39. The van der Waals surface area contributed by atoms with Crippen molar-refractivity contribution in [1.82, 2.24) is 4.90 Å². The molecule has 0 radical (unpaired) electrons. The largest absolute Gasteiger partial charge is 0.324 e. The van der Waals surface area contributed by atoms with Gasteiger partial charge in [0.1, 0.15) is 0 Å². The number of likely N-dealkylation sites (N-methyl/N-ethyl adjacent to an activating group) is 1. The summed E-state index contributed by atoms with van der Waals surface area (Å²) < 4.78 is 0. The molecule has 0 aromatic rings. The normalized spacial score (nSPS) is 28.6. The fourth-order valence-electron chi connectivity index (χ4n) is 2.37. The summed E-state index contributed by atoms with van der Waals surface area (Å²) in [7, 11) is 2.23. The maximum absolute atomic E-state index is 6.30. The second-order valence-corrected chi connectivity index (χ2v) is 5.28. The average molecular weight is 182 g/mol. The maximum atomic E-state index is 6.30. The molecule has 2 aliphatic carbocycles. The Bertz CT molecular complexity index is 181. The van der Waals surface area contributed by atoms with E-state index in [9.17, 15) is 0 Å². The molecule has 2 heteroatoms. The van der Waals surface area contributed by atoms with Crippen molar-refractivity contribution in [3.05, 3.63) is 0 Å². The van der Waals surface area contributed by atoms with Gasteiger partial charge in [-0.15, -0.1) is 0 Å². The third kappa shape index (κ3) is 2.05. The van der Waals surface area contributed by atoms with Crippen LogP contribution in [-0.4, -0.2) is 30.1 Å². The highest BCUT2D eigenvalue weighted by molar-refractivity contribution is 4.98. The van der Waals surface area contributed by atoms with Crippen LogP contribution in [0, 0.1) is 5.92 Å². The molecule has 0 bridgehead atoms. The smallest absolute Gasteiger partial charge is 0.0283 e. The molecule has 2 aliphatic rings. The van der Waals surface area contributed by atoms with E-state index in [2.05, 4.69) is 18.9 Å². The molecule has 13 heavy (non-hydrogen) atoms. The molecule has 1 atom stereocenters. The number of nitrogens with zero attached hydrogens (tertiary/aromatic N) is 1. The van der Waals surface area contributed by atoms with Gasteiger partial charge in [-0.1, -0.05) is 6.42 Å². The van der Waals surface area contributed by atoms with Crippen molar-refractivity contribution >= 4 is 0 Å². The Hall–Kier alpha value is -0.0800. The van der Waals surface area contributed by atoms with E-state index in [1.807, 2.05) is 0 Å². The average Bonchev–Trinajstić information content (AvgIpc) is 2.58. The molecule has 2 nitrogen and oxygen atoms in total. The summed E-state index contributed by atoms with van der Waals surface area (Å²) >= 11 is 0. The standard InChI is InChI=1S/C11H22N2/c1-11(12,9-6-7-9)8-13(2)10-4-3-5-10/h9-10H,3-8,12H2,1-2H3. The second kappa shape index (κ2) is 3.25. The fraction of sp³-hybridized carbons (Fsp3) is 1.00. The van der Waals surface area contributed by atoms with Crippen LogP contribution in [0.3, 0.4) is 0 Å². The minimum absolute atomic E-state index is 0.0738. The van der Waals surface area contributed by atoms with Crippen LogP contribution in [0.25, 0.3) is 0 Å². The summed E-state index contributed by atoms with van der Waals surface area (Å²) in [6.07, 6.45) is 6.89. The Balaban J connectivity index is 1.80. The van der Waals surface area contributed by atoms with Gasteiger partial charge < -0.3 is 10.6 Å². The number of hydrogen-bond acceptors (Lipinski definition) is 2. The quantitative estimate of drug-likeness (QED) is 0.715. The van der Waals surface area contributed by atoms with Crippen molar-refractivity contribution in [3.8, 4) is 0 Å². The minimum Gasteiger partial charge on any atom is -0.324 e. The lowest BCUT2D eigenvalue weighted by atomic mass is 9.89. The monoisotopic (exact) mass is 182 g/mol. The minimum atomic E-state index is 0.0738. The van der Waals surface area contributed by atoms with Crippen LogP contribution in [0.5, 0.6) is 0 Å². The van der Waals surface area contributed by atoms with Gasteiger partial charge in [-0.3, -0.25) is 0 Å². The van der Waals surface area contributed by atoms with Crippen molar-refractivity contribution in [2.75, 3.05) is 13.6 Å². The van der Waals surface area contributed by atoms with E-state index in [-0.39, 0.29) is 5.54 Å². The summed E-state index contributed by atoms with van der Waals surface area (Å²) in [6.45, 7) is 3.31. The lowest BCUT2D eigenvalue weighted by Crippen LogP contribution is -2.52. The first-order chi connectivity index (χ1) is 6.09. The van der Waals surface area contributed by atoms with E-state index < -0.39 is 0 Å². The van der Waals surface area contributed by atoms with Crippen LogP contribution >= 0.6 is 0 Å². The summed E-state index contributed by atoms with van der Waals surface area (Å²) in [6, 6.07) is 0.835. The fourth-order valence-corrected chi connectivity index (χ4v) is 2.37. The Labute approximate surface area is 81.5 Å². The first-order valence-electron chi connectivity index (χ1n) is 5.59. The van der Waals surface area contributed by atoms with Crippen LogP contribution in [0.15, 0.2) is 0 Å². The molecule has 2 fully saturated rings. The van der Waals surface area contributed by atoms with Crippen molar-refractivity contribution < 1.29 is 0 Å². The topological polar surface area (TPSA) is 29.3 Å². The Morgan fingerprint density at radius 3 is 2.31 bits per heavy atom. The second-order valence-electron chi connectivity index (χ2n) is 5.28. The third-order valence-corrected chi connectivity index (χ3v) is 3.80. The summed E-state index contributed by atoms with van der Waals surface area (Å²) in [5.41, 5.74) is 6.37. The van der Waals surface area contributed by atoms with Gasteiger partial charge in [0.2, 0.25) is 0 Å². The number of rotatable bonds is 4. The molecule has 0 aliphatic heterocycles. The van der Waals surface area contributed by atoms with E-state index >= 15 is 0 Å². The molecule has 0 saturated heterocycles. The number of nitrogens with two attached hydrogens (primary N) is 1. The molecule has 2 saturated carbocycles. The highest BCUT2D eigenvalue weighted by atomic mass is 15.2. The summed E-state index contributed by atoms with van der Waals surface area (Å²) in [5.74, 6) is 0.801. The molecule has 0 heterocycles. The van der Waals surface area contributed by atoms with E-state index in [1.54, 1.807) is 0 Å². The molecule has 76 valence electrons. The van der Waals surface area contributed by atoms with Gasteiger partial charge in [0.25, 0.3) is 0 Å². The van der Waals surface area contributed by atoms with Gasteiger partial charge in [-0.25, -0.2) is 0 Å². The third-order valence-electron chi connectivity index (χ3n) is 3.80. The Kier molecular flexibility index (Phi) is 2.37. The van der Waals surface area contributed by atoms with Crippen LogP contribution < -0.4 is 5.73 Å². The molecule has 2 N–H and O–H groups in total. The first-order valence-corrected chi connectivity index (χ1v) is 5.59. The van der Waals surface area contributed by atoms with Gasteiger partial charge in [0.05, 0.1) is 0 Å². The van der Waals surface area contributed by atoms with Crippen molar-refractivity contribution in [1.29, 1.82) is 0 Å². The molecular formula is C11H22N2. The predicted octanol–water partition coefficient (Wildman–Crippen LogP) is 1.60. The first kappa shape index (κ1) is 9.47. The Morgan fingerprint density at radius 2 is 1.92 bits per heavy atom. The molecule has 0 amide bonds. The summed E-state index contributed by atoms with van der Waals surface area (Å²) in [5, 5.41) is 0. The van der Waals surface area contributed by atoms with Crippen LogP contribution in [0.2, 0.25) is 0 Å². The maximum Gasteiger partial charge on any atom is 0.0283 e. The summed E-state index contributed by atoms with van der Waals surface area (Å²) in [4.78, 5) is 2.47. The van der Waals surface area contributed by atoms with Crippen molar-refractivity contribution in [2.24, 2.45) is 11.7 Å². The Morgan fingerprint density at radius 1 is 1.31 bits per heavy atom. The van der Waals surface area contributed by atoms with Gasteiger partial charge in [0.15, 0.2) is 0 Å². The highest BCUT2D eigenvalue weighted by Gasteiger charge is 2.40. The zero-order valence-electron chi connectivity index (χ0n) is 8.92. The predicted molar refractivity (Wildman–Crippen MR) is 55.6 cm³/mol. The van der Waals surface area contributed by atoms with Gasteiger partial charge in [0, 0.05) is 18.1 Å². The zero-order chi connectivity index (χ0) is 9.47. The van der Waals surface area contributed by atoms with Crippen molar-refractivity contribution in [3.63, 3.8) is 0 Å². The lowest BCUT2D eigenvalue weighted by Gasteiger charge is -2.39. The van der Waals surface area contributed by atoms with Gasteiger partial charge in [-0.05, 0) is 45.6 Å². The van der Waals surface area contributed by atoms with Crippen LogP contribution in [0.1, 0.15) is 39.0 Å². The SMILES string of the molecule is CN(CC(C)(N)C1CC1)C1CCC1. The van der Waals surface area contributed by atoms with Crippen LogP contribution in [-0.2, 0) is 0 Å². The zero-order valence-corrected chi connectivity index (χ0v) is 8.92. The van der Waals surface area contributed by atoms with E-state index in [4.69, 9.17) is 5.73 Å². The molecular weight excluding hydrogens is 160 g/mol. The molecule has 0 spiro atoms. The van der Waals surface area contributed by atoms with Gasteiger partial charge in [-0.2, -0.15) is 0 Å².